The average molecular weight is 289 g/mol. The van der Waals surface area contributed by atoms with Crippen LogP contribution in [0.25, 0.3) is 0 Å². The molecule has 4 nitrogen and oxygen atoms in total. The predicted octanol–water partition coefficient (Wildman–Crippen LogP) is 3.53. The number of halogens is 1. The molecule has 0 heterocycles. The van der Waals surface area contributed by atoms with E-state index in [1.165, 1.54) is 6.92 Å². The maximum Gasteiger partial charge on any atom is 0.221 e. The van der Waals surface area contributed by atoms with Crippen LogP contribution in [0.2, 0.25) is 5.02 Å². The number of anilines is 1. The van der Waals surface area contributed by atoms with E-state index in [1.54, 1.807) is 18.2 Å². The molecule has 2 rings (SSSR count). The van der Waals surface area contributed by atoms with E-state index in [-0.39, 0.29) is 5.91 Å². The number of nitrogens with one attached hydrogen (secondary N) is 1. The van der Waals surface area contributed by atoms with Crippen LogP contribution in [-0.4, -0.2) is 16.8 Å². The van der Waals surface area contributed by atoms with Crippen LogP contribution in [0.3, 0.4) is 0 Å². The average Bonchev–Trinajstić information content (AvgIpc) is 2.43. The molecule has 2 N–H and O–H groups in total. The second-order valence-electron chi connectivity index (χ2n) is 4.19. The Labute approximate surface area is 121 Å². The standard InChI is InChI=1S/C15H13ClN2O2/c1-10(19)17-14-8-7-12(16)9-13(14)15(18-20)11-5-3-2-4-6-11/h2-9,20H,1H3,(H,17,19)/b18-15+. The molecule has 1 amide bonds. The second kappa shape index (κ2) is 6.21. The summed E-state index contributed by atoms with van der Waals surface area (Å²) in [6, 6.07) is 14.1. The molecule has 102 valence electrons. The van der Waals surface area contributed by atoms with Gasteiger partial charge in [-0.05, 0) is 18.2 Å². The number of carbonyl (C=O) groups is 1. The van der Waals surface area contributed by atoms with Gasteiger partial charge in [-0.15, -0.1) is 0 Å². The number of amides is 1. The van der Waals surface area contributed by atoms with Crippen molar-refractivity contribution < 1.29 is 10.0 Å². The Balaban J connectivity index is 2.54. The molecule has 0 aliphatic rings. The number of rotatable bonds is 3. The number of carbonyl (C=O) groups excluding carboxylic acids is 1. The maximum atomic E-state index is 11.3. The van der Waals surface area contributed by atoms with Crippen molar-refractivity contribution in [1.82, 2.24) is 0 Å². The highest BCUT2D eigenvalue weighted by atomic mass is 35.5. The molecular weight excluding hydrogens is 276 g/mol. The quantitative estimate of drug-likeness (QED) is 0.516. The molecule has 0 bridgehead atoms. The van der Waals surface area contributed by atoms with Crippen LogP contribution in [0.1, 0.15) is 18.1 Å². The van der Waals surface area contributed by atoms with Gasteiger partial charge in [-0.25, -0.2) is 0 Å². The van der Waals surface area contributed by atoms with Gasteiger partial charge in [-0.2, -0.15) is 0 Å². The van der Waals surface area contributed by atoms with Crippen molar-refractivity contribution in [3.05, 3.63) is 64.7 Å². The molecule has 0 fully saturated rings. The molecule has 0 spiro atoms. The lowest BCUT2D eigenvalue weighted by atomic mass is 10.0. The van der Waals surface area contributed by atoms with E-state index in [4.69, 9.17) is 11.6 Å². The van der Waals surface area contributed by atoms with Gasteiger partial charge in [-0.1, -0.05) is 47.1 Å². The zero-order valence-corrected chi connectivity index (χ0v) is 11.6. The summed E-state index contributed by atoms with van der Waals surface area (Å²) in [6.07, 6.45) is 0. The molecule has 0 saturated heterocycles. The summed E-state index contributed by atoms with van der Waals surface area (Å²) in [5.41, 5.74) is 2.17. The van der Waals surface area contributed by atoms with Crippen molar-refractivity contribution in [2.75, 3.05) is 5.32 Å². The summed E-state index contributed by atoms with van der Waals surface area (Å²) >= 11 is 5.99. The molecule has 0 radical (unpaired) electrons. The molecule has 20 heavy (non-hydrogen) atoms. The third-order valence-corrected chi connectivity index (χ3v) is 2.93. The Morgan fingerprint density at radius 2 is 1.90 bits per heavy atom. The van der Waals surface area contributed by atoms with Crippen LogP contribution >= 0.6 is 11.6 Å². The fourth-order valence-electron chi connectivity index (χ4n) is 1.87. The van der Waals surface area contributed by atoms with Crippen molar-refractivity contribution in [1.29, 1.82) is 0 Å². The molecule has 0 aliphatic carbocycles. The Kier molecular flexibility index (Phi) is 4.38. The number of hydrogen-bond donors (Lipinski definition) is 2. The molecule has 0 aliphatic heterocycles. The first kappa shape index (κ1) is 14.1. The van der Waals surface area contributed by atoms with Crippen molar-refractivity contribution in [3.63, 3.8) is 0 Å². The maximum absolute atomic E-state index is 11.3. The monoisotopic (exact) mass is 288 g/mol. The fourth-order valence-corrected chi connectivity index (χ4v) is 2.05. The van der Waals surface area contributed by atoms with E-state index < -0.39 is 0 Å². The minimum Gasteiger partial charge on any atom is -0.410 e. The molecule has 2 aromatic carbocycles. The molecular formula is C15H13ClN2O2. The molecule has 0 aromatic heterocycles. The highest BCUT2D eigenvalue weighted by Gasteiger charge is 2.14. The van der Waals surface area contributed by atoms with Crippen LogP contribution in [-0.2, 0) is 4.79 Å². The topological polar surface area (TPSA) is 61.7 Å². The predicted molar refractivity (Wildman–Crippen MR) is 79.6 cm³/mol. The van der Waals surface area contributed by atoms with Crippen molar-refractivity contribution in [2.24, 2.45) is 5.16 Å². The zero-order valence-electron chi connectivity index (χ0n) is 10.8. The summed E-state index contributed by atoms with van der Waals surface area (Å²) < 4.78 is 0. The van der Waals surface area contributed by atoms with Crippen LogP contribution in [0.5, 0.6) is 0 Å². The Hall–Kier alpha value is -2.33. The number of hydrogen-bond acceptors (Lipinski definition) is 3. The van der Waals surface area contributed by atoms with Gasteiger partial charge in [0.2, 0.25) is 5.91 Å². The fraction of sp³-hybridized carbons (Fsp3) is 0.0667. The number of benzene rings is 2. The van der Waals surface area contributed by atoms with Crippen LogP contribution in [0.4, 0.5) is 5.69 Å². The molecule has 0 saturated carbocycles. The van der Waals surface area contributed by atoms with E-state index in [0.717, 1.165) is 5.56 Å². The summed E-state index contributed by atoms with van der Waals surface area (Å²) in [7, 11) is 0. The van der Waals surface area contributed by atoms with E-state index in [1.807, 2.05) is 30.3 Å². The zero-order chi connectivity index (χ0) is 14.5. The van der Waals surface area contributed by atoms with E-state index in [9.17, 15) is 10.0 Å². The lowest BCUT2D eigenvalue weighted by Crippen LogP contribution is -2.12. The van der Waals surface area contributed by atoms with Gasteiger partial charge in [0, 0.05) is 23.1 Å². The normalized spacial score (nSPS) is 11.2. The van der Waals surface area contributed by atoms with E-state index >= 15 is 0 Å². The minimum absolute atomic E-state index is 0.209. The van der Waals surface area contributed by atoms with Crippen LogP contribution in [0.15, 0.2) is 53.7 Å². The largest absolute Gasteiger partial charge is 0.410 e. The van der Waals surface area contributed by atoms with Gasteiger partial charge in [-0.3, -0.25) is 4.79 Å². The third kappa shape index (κ3) is 3.16. The lowest BCUT2D eigenvalue weighted by molar-refractivity contribution is -0.114. The SMILES string of the molecule is CC(=O)Nc1ccc(Cl)cc1/C(=N/O)c1ccccc1. The molecule has 0 unspecified atom stereocenters. The summed E-state index contributed by atoms with van der Waals surface area (Å²) in [5.74, 6) is -0.209. The number of oxime groups is 1. The Bertz CT molecular complexity index is 654. The van der Waals surface area contributed by atoms with Crippen LogP contribution < -0.4 is 5.32 Å². The highest BCUT2D eigenvalue weighted by molar-refractivity contribution is 6.31. The minimum atomic E-state index is -0.209. The van der Waals surface area contributed by atoms with Crippen LogP contribution in [0, 0.1) is 0 Å². The third-order valence-electron chi connectivity index (χ3n) is 2.69. The molecule has 0 atom stereocenters. The van der Waals surface area contributed by atoms with Crippen molar-refractivity contribution >= 4 is 28.9 Å². The molecule has 2 aromatic rings. The first-order valence-electron chi connectivity index (χ1n) is 5.97. The van der Waals surface area contributed by atoms with Gasteiger partial charge < -0.3 is 10.5 Å². The second-order valence-corrected chi connectivity index (χ2v) is 4.62. The van der Waals surface area contributed by atoms with E-state index in [0.29, 0.717) is 22.0 Å². The van der Waals surface area contributed by atoms with Gasteiger partial charge in [0.1, 0.15) is 5.71 Å². The van der Waals surface area contributed by atoms with Gasteiger partial charge in [0.05, 0.1) is 5.69 Å². The lowest BCUT2D eigenvalue weighted by Gasteiger charge is -2.12. The highest BCUT2D eigenvalue weighted by Crippen LogP contribution is 2.24. The van der Waals surface area contributed by atoms with Crippen molar-refractivity contribution in [2.45, 2.75) is 6.92 Å². The summed E-state index contributed by atoms with van der Waals surface area (Å²) in [4.78, 5) is 11.3. The molecule has 5 heteroatoms. The van der Waals surface area contributed by atoms with Gasteiger partial charge in [0.15, 0.2) is 0 Å². The summed E-state index contributed by atoms with van der Waals surface area (Å²) in [5, 5.41) is 15.8. The van der Waals surface area contributed by atoms with E-state index in [2.05, 4.69) is 10.5 Å². The van der Waals surface area contributed by atoms with Gasteiger partial charge in [0.25, 0.3) is 0 Å². The van der Waals surface area contributed by atoms with Gasteiger partial charge >= 0.3 is 0 Å². The first-order valence-corrected chi connectivity index (χ1v) is 6.34. The Morgan fingerprint density at radius 3 is 2.50 bits per heavy atom. The Morgan fingerprint density at radius 1 is 1.20 bits per heavy atom. The smallest absolute Gasteiger partial charge is 0.221 e. The van der Waals surface area contributed by atoms with Crippen molar-refractivity contribution in [3.8, 4) is 0 Å². The summed E-state index contributed by atoms with van der Waals surface area (Å²) in [6.45, 7) is 1.41. The number of nitrogens with zero attached hydrogens (tertiary/aromatic N) is 1. The first-order chi connectivity index (χ1) is 9.61.